The Balaban J connectivity index is 1.63. The molecule has 2 aliphatic rings. The lowest BCUT2D eigenvalue weighted by molar-refractivity contribution is -0.143. The molecule has 3 heterocycles. The van der Waals surface area contributed by atoms with Gasteiger partial charge in [0.15, 0.2) is 0 Å². The van der Waals surface area contributed by atoms with Gasteiger partial charge >= 0.3 is 0 Å². The van der Waals surface area contributed by atoms with Crippen molar-refractivity contribution in [2.45, 2.75) is 51.1 Å². The maximum absolute atomic E-state index is 12.9. The number of rotatable bonds is 7. The summed E-state index contributed by atoms with van der Waals surface area (Å²) < 4.78 is 5.11. The number of carbonyl (C=O) groups excluding carboxylic acids is 2. The van der Waals surface area contributed by atoms with Crippen LogP contribution in [0.4, 0.5) is 0 Å². The highest BCUT2D eigenvalue weighted by Gasteiger charge is 2.31. The molecule has 2 fully saturated rings. The van der Waals surface area contributed by atoms with E-state index in [0.29, 0.717) is 19.6 Å². The number of nitrogens with zero attached hydrogens (tertiary/aromatic N) is 4. The maximum Gasteiger partial charge on any atom is 0.249 e. The van der Waals surface area contributed by atoms with Crippen molar-refractivity contribution in [1.82, 2.24) is 19.7 Å². The van der Waals surface area contributed by atoms with Crippen molar-refractivity contribution < 1.29 is 14.3 Å². The lowest BCUT2D eigenvalue weighted by Gasteiger charge is -2.40. The van der Waals surface area contributed by atoms with E-state index in [2.05, 4.69) is 9.88 Å². The minimum atomic E-state index is -0.0387. The summed E-state index contributed by atoms with van der Waals surface area (Å²) >= 11 is 0. The molecule has 0 saturated carbocycles. The molecule has 0 aliphatic carbocycles. The van der Waals surface area contributed by atoms with Crippen molar-refractivity contribution in [3.05, 3.63) is 30.1 Å². The van der Waals surface area contributed by atoms with E-state index in [9.17, 15) is 9.59 Å². The molecule has 2 amide bonds. The number of hydrogen-bond donors (Lipinski definition) is 0. The molecular weight excluding hydrogens is 368 g/mol. The minimum absolute atomic E-state index is 0.0136. The van der Waals surface area contributed by atoms with Gasteiger partial charge in [0.05, 0.1) is 6.54 Å². The van der Waals surface area contributed by atoms with Gasteiger partial charge in [0, 0.05) is 45.2 Å². The summed E-state index contributed by atoms with van der Waals surface area (Å²) in [5.74, 6) is 0.153. The Morgan fingerprint density at radius 2 is 1.97 bits per heavy atom. The van der Waals surface area contributed by atoms with Crippen LogP contribution in [0.2, 0.25) is 0 Å². The molecule has 3 rings (SSSR count). The van der Waals surface area contributed by atoms with Crippen molar-refractivity contribution >= 4 is 11.8 Å². The van der Waals surface area contributed by atoms with Gasteiger partial charge in [-0.2, -0.15) is 0 Å². The van der Waals surface area contributed by atoms with E-state index in [1.54, 1.807) is 12.4 Å². The van der Waals surface area contributed by atoms with E-state index in [4.69, 9.17) is 4.74 Å². The number of methoxy groups -OCH3 is 1. The third kappa shape index (κ3) is 6.51. The lowest BCUT2D eigenvalue weighted by atomic mass is 10.0. The number of amides is 2. The SMILES string of the molecule is COCC(=O)N(Cc1cccnc1)C1CCCN(C(=O)CN2CCCCCC2)C1. The van der Waals surface area contributed by atoms with Crippen LogP contribution in [0.5, 0.6) is 0 Å². The molecule has 2 aliphatic heterocycles. The van der Waals surface area contributed by atoms with Gasteiger partial charge in [0.1, 0.15) is 6.61 Å². The summed E-state index contributed by atoms with van der Waals surface area (Å²) in [4.78, 5) is 36.0. The second kappa shape index (κ2) is 11.3. The fraction of sp³-hybridized carbons (Fsp3) is 0.682. The van der Waals surface area contributed by atoms with Crippen LogP contribution in [0.25, 0.3) is 0 Å². The van der Waals surface area contributed by atoms with Crippen LogP contribution in [0.3, 0.4) is 0 Å². The number of hydrogen-bond acceptors (Lipinski definition) is 5. The molecule has 7 heteroatoms. The van der Waals surface area contributed by atoms with Gasteiger partial charge in [-0.1, -0.05) is 18.9 Å². The van der Waals surface area contributed by atoms with Crippen molar-refractivity contribution in [3.8, 4) is 0 Å². The van der Waals surface area contributed by atoms with E-state index < -0.39 is 0 Å². The smallest absolute Gasteiger partial charge is 0.249 e. The third-order valence-electron chi connectivity index (χ3n) is 5.91. The molecule has 1 aromatic rings. The van der Waals surface area contributed by atoms with Crippen LogP contribution in [0, 0.1) is 0 Å². The number of aromatic nitrogens is 1. The van der Waals surface area contributed by atoms with Gasteiger partial charge in [-0.15, -0.1) is 0 Å². The van der Waals surface area contributed by atoms with Gasteiger partial charge in [0.2, 0.25) is 11.8 Å². The van der Waals surface area contributed by atoms with Crippen LogP contribution >= 0.6 is 0 Å². The topological polar surface area (TPSA) is 66.0 Å². The van der Waals surface area contributed by atoms with Crippen LogP contribution < -0.4 is 0 Å². The van der Waals surface area contributed by atoms with Gasteiger partial charge < -0.3 is 14.5 Å². The summed E-state index contributed by atoms with van der Waals surface area (Å²) in [6.45, 7) is 4.46. The quantitative estimate of drug-likeness (QED) is 0.697. The first-order valence-corrected chi connectivity index (χ1v) is 10.8. The first-order valence-electron chi connectivity index (χ1n) is 10.8. The molecule has 2 saturated heterocycles. The first-order chi connectivity index (χ1) is 14.2. The van der Waals surface area contributed by atoms with Gasteiger partial charge in [-0.25, -0.2) is 0 Å². The number of piperidine rings is 1. The van der Waals surface area contributed by atoms with Crippen molar-refractivity contribution in [1.29, 1.82) is 0 Å². The molecule has 7 nitrogen and oxygen atoms in total. The van der Waals surface area contributed by atoms with E-state index in [1.807, 2.05) is 21.9 Å². The Morgan fingerprint density at radius 1 is 1.17 bits per heavy atom. The second-order valence-corrected chi connectivity index (χ2v) is 8.14. The molecular formula is C22H34N4O3. The molecule has 1 atom stereocenters. The minimum Gasteiger partial charge on any atom is -0.375 e. The lowest BCUT2D eigenvalue weighted by Crippen LogP contribution is -2.53. The van der Waals surface area contributed by atoms with Gasteiger partial charge in [-0.3, -0.25) is 19.5 Å². The molecule has 160 valence electrons. The van der Waals surface area contributed by atoms with Crippen LogP contribution in [0.15, 0.2) is 24.5 Å². The first kappa shape index (κ1) is 21.7. The van der Waals surface area contributed by atoms with Crippen molar-refractivity contribution in [3.63, 3.8) is 0 Å². The molecule has 0 N–H and O–H groups in total. The van der Waals surface area contributed by atoms with E-state index >= 15 is 0 Å². The van der Waals surface area contributed by atoms with Gasteiger partial charge in [0.25, 0.3) is 0 Å². The summed E-state index contributed by atoms with van der Waals surface area (Å²) in [6.07, 6.45) is 10.2. The van der Waals surface area contributed by atoms with Gasteiger partial charge in [-0.05, 0) is 50.4 Å². The Hall–Kier alpha value is -1.99. The summed E-state index contributed by atoms with van der Waals surface area (Å²) in [6, 6.07) is 3.87. The highest BCUT2D eigenvalue weighted by atomic mass is 16.5. The summed E-state index contributed by atoms with van der Waals surface area (Å²) in [7, 11) is 1.54. The maximum atomic E-state index is 12.9. The number of ether oxygens (including phenoxy) is 1. The van der Waals surface area contributed by atoms with Crippen molar-refractivity contribution in [2.24, 2.45) is 0 Å². The Labute approximate surface area is 174 Å². The largest absolute Gasteiger partial charge is 0.375 e. The highest BCUT2D eigenvalue weighted by molar-refractivity contribution is 5.79. The molecule has 0 radical (unpaired) electrons. The van der Waals surface area contributed by atoms with Crippen LogP contribution in [0.1, 0.15) is 44.1 Å². The predicted octanol–water partition coefficient (Wildman–Crippen LogP) is 1.92. The normalized spacial score (nSPS) is 20.9. The van der Waals surface area contributed by atoms with E-state index in [0.717, 1.165) is 38.0 Å². The zero-order valence-corrected chi connectivity index (χ0v) is 17.6. The molecule has 0 bridgehead atoms. The molecule has 1 aromatic heterocycles. The van der Waals surface area contributed by atoms with Crippen LogP contribution in [-0.4, -0.2) is 84.0 Å². The Morgan fingerprint density at radius 3 is 2.66 bits per heavy atom. The van der Waals surface area contributed by atoms with Crippen LogP contribution in [-0.2, 0) is 20.9 Å². The monoisotopic (exact) mass is 402 g/mol. The number of carbonyl (C=O) groups is 2. The predicted molar refractivity (Wildman–Crippen MR) is 111 cm³/mol. The highest BCUT2D eigenvalue weighted by Crippen LogP contribution is 2.20. The zero-order chi connectivity index (χ0) is 20.5. The Bertz CT molecular complexity index is 647. The number of likely N-dealkylation sites (tertiary alicyclic amines) is 2. The second-order valence-electron chi connectivity index (χ2n) is 8.14. The molecule has 0 aromatic carbocycles. The Kier molecular flexibility index (Phi) is 8.43. The average Bonchev–Trinajstić information content (AvgIpc) is 3.01. The van der Waals surface area contributed by atoms with E-state index in [1.165, 1.54) is 32.8 Å². The molecule has 29 heavy (non-hydrogen) atoms. The summed E-state index contributed by atoms with van der Waals surface area (Å²) in [5, 5.41) is 0. The zero-order valence-electron chi connectivity index (χ0n) is 17.6. The fourth-order valence-electron chi connectivity index (χ4n) is 4.34. The van der Waals surface area contributed by atoms with Crippen molar-refractivity contribution in [2.75, 3.05) is 46.4 Å². The third-order valence-corrected chi connectivity index (χ3v) is 5.91. The summed E-state index contributed by atoms with van der Waals surface area (Å²) in [5.41, 5.74) is 0.991. The average molecular weight is 403 g/mol. The molecule has 0 spiro atoms. The van der Waals surface area contributed by atoms with E-state index in [-0.39, 0.29) is 24.5 Å². The number of pyridine rings is 1. The fourth-order valence-corrected chi connectivity index (χ4v) is 4.34. The standard InChI is InChI=1S/C22H34N4O3/c1-29-18-22(28)26(15-19-8-6-10-23-14-19)20-9-7-13-25(16-20)21(27)17-24-11-4-2-3-5-12-24/h6,8,10,14,20H,2-5,7,9,11-13,15-18H2,1H3. The molecule has 1 unspecified atom stereocenters.